The molecule has 0 N–H and O–H groups in total. The molecule has 7 heteroatoms. The monoisotopic (exact) mass is 215 g/mol. The molecule has 5 nitrogen and oxygen atoms in total. The molecule has 0 amide bonds. The SMILES string of the molecule is Cc1ccc(N=[N+]=[N-])cc1S(=O)(=O)F. The third-order valence-corrected chi connectivity index (χ3v) is 2.56. The average Bonchev–Trinajstić information content (AvgIpc) is 2.07. The van der Waals surface area contributed by atoms with Crippen LogP contribution in [0, 0.1) is 6.92 Å². The Kier molecular flexibility index (Phi) is 2.73. The van der Waals surface area contributed by atoms with Crippen LogP contribution in [0.2, 0.25) is 0 Å². The van der Waals surface area contributed by atoms with Crippen molar-refractivity contribution in [2.24, 2.45) is 5.11 Å². The molecule has 0 aliphatic heterocycles. The number of rotatable bonds is 2. The predicted molar refractivity (Wildman–Crippen MR) is 48.3 cm³/mol. The Morgan fingerprint density at radius 1 is 1.50 bits per heavy atom. The van der Waals surface area contributed by atoms with Gasteiger partial charge in [-0.1, -0.05) is 17.2 Å². The minimum Gasteiger partial charge on any atom is -0.189 e. The Hall–Kier alpha value is -1.59. The second-order valence-electron chi connectivity index (χ2n) is 2.58. The van der Waals surface area contributed by atoms with Crippen LogP contribution < -0.4 is 0 Å². The number of hydrogen-bond acceptors (Lipinski definition) is 3. The summed E-state index contributed by atoms with van der Waals surface area (Å²) in [4.78, 5) is 2.00. The number of nitrogens with zero attached hydrogens (tertiary/aromatic N) is 3. The smallest absolute Gasteiger partial charge is 0.189 e. The Morgan fingerprint density at radius 3 is 2.64 bits per heavy atom. The van der Waals surface area contributed by atoms with E-state index < -0.39 is 15.1 Å². The zero-order chi connectivity index (χ0) is 10.8. The molecule has 1 aromatic carbocycles. The zero-order valence-electron chi connectivity index (χ0n) is 7.18. The molecule has 0 fully saturated rings. The van der Waals surface area contributed by atoms with Crippen molar-refractivity contribution in [2.75, 3.05) is 0 Å². The Morgan fingerprint density at radius 2 is 2.14 bits per heavy atom. The van der Waals surface area contributed by atoms with Gasteiger partial charge < -0.3 is 0 Å². The highest BCUT2D eigenvalue weighted by Gasteiger charge is 2.15. The molecule has 1 aromatic rings. The van der Waals surface area contributed by atoms with Gasteiger partial charge in [-0.2, -0.15) is 8.42 Å². The number of azide groups is 1. The minimum atomic E-state index is -4.76. The second kappa shape index (κ2) is 3.65. The lowest BCUT2D eigenvalue weighted by atomic mass is 10.2. The lowest BCUT2D eigenvalue weighted by molar-refractivity contribution is 0.551. The molecule has 0 spiro atoms. The quantitative estimate of drug-likeness (QED) is 0.328. The largest absolute Gasteiger partial charge is 0.332 e. The molecule has 0 bridgehead atoms. The minimum absolute atomic E-state index is 0.0642. The van der Waals surface area contributed by atoms with Crippen molar-refractivity contribution in [2.45, 2.75) is 11.8 Å². The van der Waals surface area contributed by atoms with Gasteiger partial charge in [0.1, 0.15) is 4.90 Å². The summed E-state index contributed by atoms with van der Waals surface area (Å²) in [6.45, 7) is 1.45. The van der Waals surface area contributed by atoms with Gasteiger partial charge in [0.15, 0.2) is 0 Å². The third-order valence-electron chi connectivity index (χ3n) is 1.59. The van der Waals surface area contributed by atoms with E-state index in [0.29, 0.717) is 0 Å². The highest BCUT2D eigenvalue weighted by molar-refractivity contribution is 7.86. The fourth-order valence-electron chi connectivity index (χ4n) is 0.965. The first kappa shape index (κ1) is 10.5. The molecule has 14 heavy (non-hydrogen) atoms. The molecule has 74 valence electrons. The molecule has 0 saturated heterocycles. The maximum atomic E-state index is 12.6. The summed E-state index contributed by atoms with van der Waals surface area (Å²) in [6.07, 6.45) is 0. The van der Waals surface area contributed by atoms with Crippen molar-refractivity contribution in [3.63, 3.8) is 0 Å². The van der Waals surface area contributed by atoms with Crippen molar-refractivity contribution in [3.8, 4) is 0 Å². The zero-order valence-corrected chi connectivity index (χ0v) is 7.99. The maximum absolute atomic E-state index is 12.6. The van der Waals surface area contributed by atoms with Crippen molar-refractivity contribution in [3.05, 3.63) is 34.2 Å². The summed E-state index contributed by atoms with van der Waals surface area (Å²) in [5.74, 6) is 0. The van der Waals surface area contributed by atoms with Crippen LogP contribution >= 0.6 is 0 Å². The average molecular weight is 215 g/mol. The number of benzene rings is 1. The summed E-state index contributed by atoms with van der Waals surface area (Å²) in [7, 11) is -4.76. The van der Waals surface area contributed by atoms with Crippen molar-refractivity contribution >= 4 is 15.9 Å². The fourth-order valence-corrected chi connectivity index (χ4v) is 1.68. The summed E-state index contributed by atoms with van der Waals surface area (Å²) in [6, 6.07) is 3.77. The van der Waals surface area contributed by atoms with Gasteiger partial charge in [0.2, 0.25) is 0 Å². The highest BCUT2D eigenvalue weighted by Crippen LogP contribution is 2.23. The lowest BCUT2D eigenvalue weighted by Gasteiger charge is -2.00. The number of aryl methyl sites for hydroxylation is 1. The summed E-state index contributed by atoms with van der Waals surface area (Å²) in [5.41, 5.74) is 8.43. The van der Waals surface area contributed by atoms with E-state index in [1.165, 1.54) is 19.1 Å². The molecule has 1 rings (SSSR count). The third kappa shape index (κ3) is 2.21. The molecule has 0 aliphatic carbocycles. The van der Waals surface area contributed by atoms with E-state index in [0.717, 1.165) is 6.07 Å². The number of hydrogen-bond donors (Lipinski definition) is 0. The second-order valence-corrected chi connectivity index (χ2v) is 3.89. The van der Waals surface area contributed by atoms with E-state index >= 15 is 0 Å². The lowest BCUT2D eigenvalue weighted by Crippen LogP contribution is -1.94. The maximum Gasteiger partial charge on any atom is 0.332 e. The summed E-state index contributed by atoms with van der Waals surface area (Å²) in [5, 5.41) is 3.17. The van der Waals surface area contributed by atoms with Crippen LogP contribution in [0.1, 0.15) is 5.56 Å². The van der Waals surface area contributed by atoms with Crippen molar-refractivity contribution in [1.29, 1.82) is 0 Å². The standard InChI is InChI=1S/C7H6FN3O2S/c1-5-2-3-6(10-11-9)4-7(5)14(8,12)13/h2-4H,1H3. The first-order chi connectivity index (χ1) is 6.45. The van der Waals surface area contributed by atoms with Crippen LogP contribution in [0.25, 0.3) is 10.4 Å². The van der Waals surface area contributed by atoms with Gasteiger partial charge in [-0.05, 0) is 24.1 Å². The van der Waals surface area contributed by atoms with Crippen molar-refractivity contribution in [1.82, 2.24) is 0 Å². The van der Waals surface area contributed by atoms with E-state index in [1.54, 1.807) is 0 Å². The van der Waals surface area contributed by atoms with Crippen LogP contribution in [0.5, 0.6) is 0 Å². The highest BCUT2D eigenvalue weighted by atomic mass is 32.3. The Balaban J connectivity index is 3.43. The number of halogens is 1. The molecular formula is C7H6FN3O2S. The van der Waals surface area contributed by atoms with E-state index in [-0.39, 0.29) is 11.3 Å². The van der Waals surface area contributed by atoms with Crippen LogP contribution in [0.4, 0.5) is 9.57 Å². The molecule has 0 saturated carbocycles. The summed E-state index contributed by atoms with van der Waals surface area (Å²) >= 11 is 0. The van der Waals surface area contributed by atoms with Gasteiger partial charge in [-0.25, -0.2) is 0 Å². The Labute approximate surface area is 80.0 Å². The van der Waals surface area contributed by atoms with E-state index in [2.05, 4.69) is 10.0 Å². The molecule has 0 heterocycles. The molecule has 0 atom stereocenters. The predicted octanol–water partition coefficient (Wildman–Crippen LogP) is 2.60. The summed E-state index contributed by atoms with van der Waals surface area (Å²) < 4.78 is 33.9. The van der Waals surface area contributed by atoms with Gasteiger partial charge in [0, 0.05) is 10.6 Å². The topological polar surface area (TPSA) is 82.9 Å². The first-order valence-electron chi connectivity index (χ1n) is 3.55. The van der Waals surface area contributed by atoms with Crippen LogP contribution in [-0.2, 0) is 10.2 Å². The van der Waals surface area contributed by atoms with Gasteiger partial charge >= 0.3 is 10.2 Å². The van der Waals surface area contributed by atoms with E-state index in [1.807, 2.05) is 0 Å². The van der Waals surface area contributed by atoms with Crippen LogP contribution in [-0.4, -0.2) is 8.42 Å². The molecular weight excluding hydrogens is 209 g/mol. The van der Waals surface area contributed by atoms with Gasteiger partial charge in [0.25, 0.3) is 0 Å². The molecule has 0 aromatic heterocycles. The first-order valence-corrected chi connectivity index (χ1v) is 4.94. The van der Waals surface area contributed by atoms with Crippen molar-refractivity contribution < 1.29 is 12.3 Å². The van der Waals surface area contributed by atoms with E-state index in [4.69, 9.17) is 5.53 Å². The van der Waals surface area contributed by atoms with Gasteiger partial charge in [-0.3, -0.25) is 0 Å². The van der Waals surface area contributed by atoms with Crippen LogP contribution in [0.3, 0.4) is 0 Å². The molecule has 0 aliphatic rings. The van der Waals surface area contributed by atoms with Gasteiger partial charge in [-0.15, -0.1) is 3.89 Å². The van der Waals surface area contributed by atoms with Crippen LogP contribution in [0.15, 0.2) is 28.2 Å². The normalized spacial score (nSPS) is 10.7. The molecule has 0 radical (unpaired) electrons. The Bertz CT molecular complexity index is 506. The van der Waals surface area contributed by atoms with E-state index in [9.17, 15) is 12.3 Å². The van der Waals surface area contributed by atoms with Gasteiger partial charge in [0.05, 0.1) is 0 Å². The molecule has 0 unspecified atom stereocenters. The fraction of sp³-hybridized carbons (Fsp3) is 0.143.